The van der Waals surface area contributed by atoms with Gasteiger partial charge in [0.05, 0.1) is 19.9 Å². The molecule has 1 N–H and O–H groups in total. The van der Waals surface area contributed by atoms with E-state index in [9.17, 15) is 9.59 Å². The molecule has 2 aromatic carbocycles. The van der Waals surface area contributed by atoms with Crippen LogP contribution in [0.5, 0.6) is 11.5 Å². The Hall–Kier alpha value is -3.02. The highest BCUT2D eigenvalue weighted by atomic mass is 16.5. The second-order valence-corrected chi connectivity index (χ2v) is 8.95. The number of methoxy groups -OCH3 is 2. The molecular weight excluding hydrogens is 392 g/mol. The first-order valence-corrected chi connectivity index (χ1v) is 10.7. The number of hydrogen-bond acceptors (Lipinski definition) is 4. The zero-order valence-corrected chi connectivity index (χ0v) is 19.0. The smallest absolute Gasteiger partial charge is 0.253 e. The van der Waals surface area contributed by atoms with Gasteiger partial charge in [0.25, 0.3) is 5.91 Å². The second kappa shape index (κ2) is 9.41. The molecule has 0 unspecified atom stereocenters. The molecule has 2 amide bonds. The van der Waals surface area contributed by atoms with Gasteiger partial charge < -0.3 is 19.7 Å². The first kappa shape index (κ1) is 22.7. The molecule has 1 aliphatic heterocycles. The van der Waals surface area contributed by atoms with Gasteiger partial charge in [-0.3, -0.25) is 9.59 Å². The van der Waals surface area contributed by atoms with E-state index < -0.39 is 0 Å². The van der Waals surface area contributed by atoms with Gasteiger partial charge in [-0.15, -0.1) is 0 Å². The summed E-state index contributed by atoms with van der Waals surface area (Å²) in [5.41, 5.74) is 2.57. The van der Waals surface area contributed by atoms with Crippen molar-refractivity contribution in [3.05, 3.63) is 53.6 Å². The van der Waals surface area contributed by atoms with Crippen LogP contribution in [0.3, 0.4) is 0 Å². The Kier molecular flexibility index (Phi) is 6.88. The number of hydrogen-bond donors (Lipinski definition) is 1. The summed E-state index contributed by atoms with van der Waals surface area (Å²) in [4.78, 5) is 27.5. The van der Waals surface area contributed by atoms with Gasteiger partial charge in [-0.2, -0.15) is 0 Å². The fourth-order valence-electron chi connectivity index (χ4n) is 3.78. The van der Waals surface area contributed by atoms with Gasteiger partial charge in [-0.1, -0.05) is 32.9 Å². The van der Waals surface area contributed by atoms with E-state index in [1.54, 1.807) is 32.4 Å². The summed E-state index contributed by atoms with van der Waals surface area (Å²) in [7, 11) is 3.14. The summed E-state index contributed by atoms with van der Waals surface area (Å²) in [6, 6.07) is 13.1. The van der Waals surface area contributed by atoms with Crippen LogP contribution in [0, 0.1) is 5.92 Å². The van der Waals surface area contributed by atoms with Gasteiger partial charge in [-0.05, 0) is 48.1 Å². The summed E-state index contributed by atoms with van der Waals surface area (Å²) in [5.74, 6) is 1.05. The molecule has 0 aliphatic carbocycles. The molecule has 0 radical (unpaired) electrons. The number of nitrogens with one attached hydrogen (secondary N) is 1. The quantitative estimate of drug-likeness (QED) is 0.768. The number of ether oxygens (including phenoxy) is 2. The van der Waals surface area contributed by atoms with Crippen molar-refractivity contribution in [3.8, 4) is 11.5 Å². The van der Waals surface area contributed by atoms with Crippen LogP contribution in [-0.4, -0.2) is 44.0 Å². The molecule has 6 heteroatoms. The van der Waals surface area contributed by atoms with Gasteiger partial charge in [0, 0.05) is 30.6 Å². The predicted molar refractivity (Wildman–Crippen MR) is 122 cm³/mol. The van der Waals surface area contributed by atoms with Crippen molar-refractivity contribution >= 4 is 17.5 Å². The Morgan fingerprint density at radius 2 is 1.61 bits per heavy atom. The lowest BCUT2D eigenvalue weighted by Gasteiger charge is -2.31. The molecule has 0 spiro atoms. The number of piperidine rings is 1. The molecule has 0 atom stereocenters. The van der Waals surface area contributed by atoms with E-state index >= 15 is 0 Å². The van der Waals surface area contributed by atoms with Crippen LogP contribution >= 0.6 is 0 Å². The van der Waals surface area contributed by atoms with E-state index in [4.69, 9.17) is 9.47 Å². The molecule has 0 aromatic heterocycles. The maximum Gasteiger partial charge on any atom is 0.253 e. The Labute approximate surface area is 184 Å². The van der Waals surface area contributed by atoms with Gasteiger partial charge in [0.1, 0.15) is 11.5 Å². The Balaban J connectivity index is 1.58. The summed E-state index contributed by atoms with van der Waals surface area (Å²) < 4.78 is 10.6. The minimum absolute atomic E-state index is 0.0242. The van der Waals surface area contributed by atoms with Crippen molar-refractivity contribution in [2.45, 2.75) is 39.0 Å². The molecule has 166 valence electrons. The Morgan fingerprint density at radius 1 is 0.968 bits per heavy atom. The monoisotopic (exact) mass is 424 g/mol. The third-order valence-corrected chi connectivity index (χ3v) is 5.82. The second-order valence-electron chi connectivity index (χ2n) is 8.95. The van der Waals surface area contributed by atoms with Crippen LogP contribution in [0.1, 0.15) is 49.5 Å². The van der Waals surface area contributed by atoms with Crippen molar-refractivity contribution < 1.29 is 19.1 Å². The van der Waals surface area contributed by atoms with Crippen molar-refractivity contribution in [1.29, 1.82) is 0 Å². The lowest BCUT2D eigenvalue weighted by Crippen LogP contribution is -2.41. The number of rotatable bonds is 5. The SMILES string of the molecule is COc1ccc(NC(=O)C2CCN(C(=O)c3ccc(C(C)(C)C)cc3)CC2)c(OC)c1. The van der Waals surface area contributed by atoms with Gasteiger partial charge in [-0.25, -0.2) is 0 Å². The molecule has 0 saturated carbocycles. The van der Waals surface area contributed by atoms with Crippen LogP contribution < -0.4 is 14.8 Å². The van der Waals surface area contributed by atoms with Crippen LogP contribution in [0.2, 0.25) is 0 Å². The third-order valence-electron chi connectivity index (χ3n) is 5.82. The largest absolute Gasteiger partial charge is 0.497 e. The molecule has 6 nitrogen and oxygen atoms in total. The van der Waals surface area contributed by atoms with E-state index in [2.05, 4.69) is 26.1 Å². The van der Waals surface area contributed by atoms with Gasteiger partial charge in [0.2, 0.25) is 5.91 Å². The number of anilines is 1. The van der Waals surface area contributed by atoms with E-state index in [0.29, 0.717) is 48.7 Å². The van der Waals surface area contributed by atoms with Crippen molar-refractivity contribution in [2.24, 2.45) is 5.92 Å². The fraction of sp³-hybridized carbons (Fsp3) is 0.440. The van der Waals surface area contributed by atoms with Crippen molar-refractivity contribution in [1.82, 2.24) is 4.90 Å². The average molecular weight is 425 g/mol. The van der Waals surface area contributed by atoms with E-state index in [1.165, 1.54) is 5.56 Å². The normalized spacial score (nSPS) is 14.8. The first-order chi connectivity index (χ1) is 14.7. The Bertz CT molecular complexity index is 924. The highest BCUT2D eigenvalue weighted by molar-refractivity contribution is 5.96. The van der Waals surface area contributed by atoms with E-state index in [-0.39, 0.29) is 23.1 Å². The zero-order chi connectivity index (χ0) is 22.6. The molecule has 1 heterocycles. The average Bonchev–Trinajstić information content (AvgIpc) is 2.78. The zero-order valence-electron chi connectivity index (χ0n) is 19.0. The van der Waals surface area contributed by atoms with Gasteiger partial charge in [0.15, 0.2) is 0 Å². The minimum atomic E-state index is -0.140. The Morgan fingerprint density at radius 3 is 2.16 bits per heavy atom. The molecule has 31 heavy (non-hydrogen) atoms. The summed E-state index contributed by atoms with van der Waals surface area (Å²) in [5, 5.41) is 2.96. The predicted octanol–water partition coefficient (Wildman–Crippen LogP) is 4.49. The number of carbonyl (C=O) groups excluding carboxylic acids is 2. The van der Waals surface area contributed by atoms with Crippen LogP contribution in [0.15, 0.2) is 42.5 Å². The van der Waals surface area contributed by atoms with Crippen LogP contribution in [0.25, 0.3) is 0 Å². The molecule has 3 rings (SSSR count). The highest BCUT2D eigenvalue weighted by Gasteiger charge is 2.28. The summed E-state index contributed by atoms with van der Waals surface area (Å²) >= 11 is 0. The number of likely N-dealkylation sites (tertiary alicyclic amines) is 1. The maximum absolute atomic E-state index is 12.9. The number of carbonyl (C=O) groups is 2. The molecule has 0 bridgehead atoms. The standard InChI is InChI=1S/C25H32N2O4/c1-25(2,3)19-8-6-18(7-9-19)24(29)27-14-12-17(13-15-27)23(28)26-21-11-10-20(30-4)16-22(21)31-5/h6-11,16-17H,12-15H2,1-5H3,(H,26,28). The fourth-order valence-corrected chi connectivity index (χ4v) is 3.78. The van der Waals surface area contributed by atoms with Crippen molar-refractivity contribution in [3.63, 3.8) is 0 Å². The lowest BCUT2D eigenvalue weighted by molar-refractivity contribution is -0.121. The maximum atomic E-state index is 12.9. The van der Waals surface area contributed by atoms with Crippen LogP contribution in [0.4, 0.5) is 5.69 Å². The summed E-state index contributed by atoms with van der Waals surface area (Å²) in [6.07, 6.45) is 1.27. The molecule has 1 fully saturated rings. The minimum Gasteiger partial charge on any atom is -0.497 e. The first-order valence-electron chi connectivity index (χ1n) is 10.7. The molecule has 1 aliphatic rings. The lowest BCUT2D eigenvalue weighted by atomic mass is 9.86. The van der Waals surface area contributed by atoms with E-state index in [1.807, 2.05) is 29.2 Å². The number of amides is 2. The third kappa shape index (κ3) is 5.37. The summed E-state index contributed by atoms with van der Waals surface area (Å²) in [6.45, 7) is 7.60. The molecule has 1 saturated heterocycles. The van der Waals surface area contributed by atoms with Crippen molar-refractivity contribution in [2.75, 3.05) is 32.6 Å². The topological polar surface area (TPSA) is 67.9 Å². The molecular formula is C25H32N2O4. The molecule has 2 aromatic rings. The number of benzene rings is 2. The van der Waals surface area contributed by atoms with E-state index in [0.717, 1.165) is 0 Å². The number of nitrogens with zero attached hydrogens (tertiary/aromatic N) is 1. The van der Waals surface area contributed by atoms with Gasteiger partial charge >= 0.3 is 0 Å². The highest BCUT2D eigenvalue weighted by Crippen LogP contribution is 2.30. The van der Waals surface area contributed by atoms with Crippen LogP contribution in [-0.2, 0) is 10.2 Å².